The molecule has 132 valence electrons. The Morgan fingerprint density at radius 3 is 2.81 bits per heavy atom. The van der Waals surface area contributed by atoms with Crippen molar-refractivity contribution in [3.05, 3.63) is 52.3 Å². The van der Waals surface area contributed by atoms with Crippen LogP contribution in [0.5, 0.6) is 11.5 Å². The lowest BCUT2D eigenvalue weighted by Crippen LogP contribution is -2.19. The van der Waals surface area contributed by atoms with Crippen molar-refractivity contribution in [3.63, 3.8) is 0 Å². The van der Waals surface area contributed by atoms with Crippen LogP contribution in [0.2, 0.25) is 5.02 Å². The number of halogens is 1. The van der Waals surface area contributed by atoms with E-state index in [-0.39, 0.29) is 6.61 Å². The molecule has 1 aromatic heterocycles. The summed E-state index contributed by atoms with van der Waals surface area (Å²) in [6.07, 6.45) is 5.45. The molecule has 0 saturated heterocycles. The Morgan fingerprint density at radius 1 is 1.31 bits per heavy atom. The molecule has 7 heteroatoms. The van der Waals surface area contributed by atoms with Crippen LogP contribution in [-0.4, -0.2) is 24.2 Å². The lowest BCUT2D eigenvalue weighted by Gasteiger charge is -2.08. The van der Waals surface area contributed by atoms with E-state index in [2.05, 4.69) is 10.9 Å². The molecule has 0 radical (unpaired) electrons. The number of rotatable bonds is 5. The van der Waals surface area contributed by atoms with Gasteiger partial charge in [-0.05, 0) is 30.3 Å². The highest BCUT2D eigenvalue weighted by atomic mass is 35.5. The number of benzene rings is 2. The number of carbonyl (C=O) groups excluding carboxylic acids is 1. The minimum atomic E-state index is -0.417. The average molecular weight is 387 g/mol. The van der Waals surface area contributed by atoms with Gasteiger partial charge in [0.1, 0.15) is 0 Å². The van der Waals surface area contributed by atoms with Gasteiger partial charge in [0.05, 0.1) is 23.9 Å². The number of ether oxygens (including phenoxy) is 2. The largest absolute Gasteiger partial charge is 0.493 e. The molecular weight excluding hydrogens is 372 g/mol. The number of nitrogens with zero attached hydrogens (tertiary/aromatic N) is 2. The number of terminal acetylenes is 1. The molecule has 0 N–H and O–H groups in total. The number of fused-ring (bicyclic) bond motifs is 1. The van der Waals surface area contributed by atoms with E-state index in [9.17, 15) is 4.79 Å². The SMILES string of the molecule is C#CCn1c(=NC(=O)COc2ccccc2OC)sc2cc(Cl)ccc21. The Hall–Kier alpha value is -2.75. The van der Waals surface area contributed by atoms with Crippen LogP contribution in [0.3, 0.4) is 0 Å². The van der Waals surface area contributed by atoms with E-state index in [0.717, 1.165) is 10.2 Å². The molecule has 3 aromatic rings. The molecule has 0 unspecified atom stereocenters. The van der Waals surface area contributed by atoms with E-state index in [0.29, 0.717) is 27.9 Å². The maximum absolute atomic E-state index is 12.3. The molecule has 0 aliphatic heterocycles. The summed E-state index contributed by atoms with van der Waals surface area (Å²) in [4.78, 5) is 16.9. The van der Waals surface area contributed by atoms with Gasteiger partial charge in [-0.2, -0.15) is 4.99 Å². The first-order valence-corrected chi connectivity index (χ1v) is 8.87. The highest BCUT2D eigenvalue weighted by molar-refractivity contribution is 7.16. The van der Waals surface area contributed by atoms with Crippen molar-refractivity contribution in [2.75, 3.05) is 13.7 Å². The number of carbonyl (C=O) groups is 1. The summed E-state index contributed by atoms with van der Waals surface area (Å²) in [5.74, 6) is 3.20. The van der Waals surface area contributed by atoms with Crippen molar-refractivity contribution >= 4 is 39.1 Å². The highest BCUT2D eigenvalue weighted by Crippen LogP contribution is 2.25. The molecule has 0 aliphatic rings. The molecule has 0 fully saturated rings. The first-order chi connectivity index (χ1) is 12.6. The normalized spacial score (nSPS) is 11.3. The van der Waals surface area contributed by atoms with Crippen molar-refractivity contribution < 1.29 is 14.3 Å². The second kappa shape index (κ2) is 8.09. The van der Waals surface area contributed by atoms with Gasteiger partial charge >= 0.3 is 0 Å². The lowest BCUT2D eigenvalue weighted by molar-refractivity contribution is -0.120. The molecule has 1 heterocycles. The zero-order chi connectivity index (χ0) is 18.5. The Balaban J connectivity index is 1.88. The number of amides is 1. The Bertz CT molecular complexity index is 1060. The van der Waals surface area contributed by atoms with Gasteiger partial charge in [-0.1, -0.05) is 41.0 Å². The fourth-order valence-corrected chi connectivity index (χ4v) is 3.72. The topological polar surface area (TPSA) is 52.8 Å². The first kappa shape index (κ1) is 18.1. The van der Waals surface area contributed by atoms with E-state index >= 15 is 0 Å². The van der Waals surface area contributed by atoms with Crippen molar-refractivity contribution in [2.45, 2.75) is 6.54 Å². The van der Waals surface area contributed by atoms with Crippen molar-refractivity contribution in [1.82, 2.24) is 4.57 Å². The molecule has 1 amide bonds. The van der Waals surface area contributed by atoms with E-state index in [1.54, 1.807) is 35.9 Å². The third kappa shape index (κ3) is 3.90. The number of thiazole rings is 1. The smallest absolute Gasteiger partial charge is 0.286 e. The Morgan fingerprint density at radius 2 is 2.08 bits per heavy atom. The summed E-state index contributed by atoms with van der Waals surface area (Å²) >= 11 is 7.39. The Kier molecular flexibility index (Phi) is 5.61. The predicted octanol–water partition coefficient (Wildman–Crippen LogP) is 3.50. The number of para-hydroxylation sites is 2. The number of methoxy groups -OCH3 is 1. The Labute approximate surface area is 159 Å². The molecule has 0 atom stereocenters. The standard InChI is InChI=1S/C19H15ClN2O3S/c1-3-10-22-14-9-8-13(20)11-17(14)26-19(22)21-18(23)12-25-16-7-5-4-6-15(16)24-2/h1,4-9,11H,10,12H2,2H3. The summed E-state index contributed by atoms with van der Waals surface area (Å²) in [6.45, 7) is 0.104. The van der Waals surface area contributed by atoms with E-state index in [1.165, 1.54) is 11.3 Å². The molecule has 5 nitrogen and oxygen atoms in total. The maximum Gasteiger partial charge on any atom is 0.286 e. The van der Waals surface area contributed by atoms with Crippen LogP contribution in [0.1, 0.15) is 0 Å². The van der Waals surface area contributed by atoms with Gasteiger partial charge < -0.3 is 14.0 Å². The molecular formula is C19H15ClN2O3S. The van der Waals surface area contributed by atoms with E-state index in [1.807, 2.05) is 18.2 Å². The zero-order valence-corrected chi connectivity index (χ0v) is 15.5. The first-order valence-electron chi connectivity index (χ1n) is 7.68. The summed E-state index contributed by atoms with van der Waals surface area (Å²) < 4.78 is 13.4. The van der Waals surface area contributed by atoms with E-state index in [4.69, 9.17) is 27.5 Å². The fraction of sp³-hybridized carbons (Fsp3) is 0.158. The van der Waals surface area contributed by atoms with Gasteiger partial charge in [-0.15, -0.1) is 6.42 Å². The molecule has 0 spiro atoms. The molecule has 0 saturated carbocycles. The van der Waals surface area contributed by atoms with Gasteiger partial charge in [-0.3, -0.25) is 4.79 Å². The third-order valence-corrected chi connectivity index (χ3v) is 4.81. The summed E-state index contributed by atoms with van der Waals surface area (Å²) in [5.41, 5.74) is 0.884. The third-order valence-electron chi connectivity index (χ3n) is 3.53. The molecule has 0 aliphatic carbocycles. The lowest BCUT2D eigenvalue weighted by atomic mass is 10.3. The monoisotopic (exact) mass is 386 g/mol. The minimum absolute atomic E-state index is 0.203. The average Bonchev–Trinajstić information content (AvgIpc) is 2.96. The minimum Gasteiger partial charge on any atom is -0.493 e. The molecule has 3 rings (SSSR count). The highest BCUT2D eigenvalue weighted by Gasteiger charge is 2.09. The summed E-state index contributed by atoms with van der Waals surface area (Å²) in [5, 5.41) is 0.615. The quantitative estimate of drug-likeness (QED) is 0.630. The second-order valence-electron chi connectivity index (χ2n) is 5.23. The van der Waals surface area contributed by atoms with Crippen LogP contribution in [0, 0.1) is 12.3 Å². The van der Waals surface area contributed by atoms with Gasteiger partial charge in [0.15, 0.2) is 22.9 Å². The van der Waals surface area contributed by atoms with Gasteiger partial charge in [0, 0.05) is 5.02 Å². The molecule has 2 aromatic carbocycles. The van der Waals surface area contributed by atoms with Crippen LogP contribution in [0.25, 0.3) is 10.2 Å². The fourth-order valence-electron chi connectivity index (χ4n) is 2.39. The van der Waals surface area contributed by atoms with Crippen molar-refractivity contribution in [2.24, 2.45) is 4.99 Å². The molecule has 0 bridgehead atoms. The summed E-state index contributed by atoms with van der Waals surface area (Å²) in [7, 11) is 1.54. The zero-order valence-electron chi connectivity index (χ0n) is 13.9. The summed E-state index contributed by atoms with van der Waals surface area (Å²) in [6, 6.07) is 12.6. The second-order valence-corrected chi connectivity index (χ2v) is 6.68. The van der Waals surface area contributed by atoms with Crippen LogP contribution in [-0.2, 0) is 11.3 Å². The van der Waals surface area contributed by atoms with E-state index < -0.39 is 5.91 Å². The van der Waals surface area contributed by atoms with Crippen LogP contribution >= 0.6 is 22.9 Å². The molecule has 26 heavy (non-hydrogen) atoms. The number of hydrogen-bond donors (Lipinski definition) is 0. The number of aromatic nitrogens is 1. The van der Waals surface area contributed by atoms with Crippen LogP contribution in [0.15, 0.2) is 47.5 Å². The van der Waals surface area contributed by atoms with Gasteiger partial charge in [-0.25, -0.2) is 0 Å². The van der Waals surface area contributed by atoms with Crippen LogP contribution in [0.4, 0.5) is 0 Å². The van der Waals surface area contributed by atoms with Crippen molar-refractivity contribution in [3.8, 4) is 23.8 Å². The van der Waals surface area contributed by atoms with Crippen molar-refractivity contribution in [1.29, 1.82) is 0 Å². The number of hydrogen-bond acceptors (Lipinski definition) is 4. The predicted molar refractivity (Wildman–Crippen MR) is 103 cm³/mol. The van der Waals surface area contributed by atoms with Crippen LogP contribution < -0.4 is 14.3 Å². The van der Waals surface area contributed by atoms with Gasteiger partial charge in [0.25, 0.3) is 5.91 Å². The maximum atomic E-state index is 12.3. The van der Waals surface area contributed by atoms with Gasteiger partial charge in [0.2, 0.25) is 0 Å².